The van der Waals surface area contributed by atoms with Gasteiger partial charge in [0.05, 0.1) is 11.9 Å². The van der Waals surface area contributed by atoms with Gasteiger partial charge in [-0.15, -0.1) is 5.01 Å². The van der Waals surface area contributed by atoms with Crippen LogP contribution in [0, 0.1) is 0 Å². The fourth-order valence-electron chi connectivity index (χ4n) is 3.15. The van der Waals surface area contributed by atoms with Crippen molar-refractivity contribution in [2.75, 3.05) is 0 Å². The molecule has 146 valence electrons. The Hall–Kier alpha value is -3.74. The summed E-state index contributed by atoms with van der Waals surface area (Å²) in [7, 11) is 0. The van der Waals surface area contributed by atoms with Gasteiger partial charge < -0.3 is 5.32 Å². The van der Waals surface area contributed by atoms with Crippen LogP contribution in [-0.2, 0) is 4.79 Å². The second kappa shape index (κ2) is 7.35. The van der Waals surface area contributed by atoms with E-state index in [9.17, 15) is 9.59 Å². The maximum absolute atomic E-state index is 12.6. The topological polar surface area (TPSA) is 79.6 Å². The second-order valence-electron chi connectivity index (χ2n) is 7.06. The Morgan fingerprint density at radius 2 is 1.72 bits per heavy atom. The van der Waals surface area contributed by atoms with E-state index in [0.717, 1.165) is 16.3 Å². The monoisotopic (exact) mass is 387 g/mol. The first kappa shape index (κ1) is 18.6. The van der Waals surface area contributed by atoms with Crippen LogP contribution in [0.2, 0.25) is 0 Å². The minimum absolute atomic E-state index is 0.363. The summed E-state index contributed by atoms with van der Waals surface area (Å²) in [5.41, 5.74) is 2.30. The van der Waals surface area contributed by atoms with Crippen LogP contribution in [0.25, 0.3) is 16.9 Å². The number of amides is 3. The fourth-order valence-corrected chi connectivity index (χ4v) is 3.15. The van der Waals surface area contributed by atoms with Crippen molar-refractivity contribution in [3.8, 4) is 16.9 Å². The first-order chi connectivity index (χ1) is 14.0. The van der Waals surface area contributed by atoms with E-state index in [1.807, 2.05) is 73.8 Å². The van der Waals surface area contributed by atoms with E-state index in [2.05, 4.69) is 10.4 Å². The smallest absolute Gasteiger partial charge is 0.322 e. The van der Waals surface area contributed by atoms with Gasteiger partial charge in [0.1, 0.15) is 11.2 Å². The molecular formula is C22H21N5O2. The number of hydrogen-bond donors (Lipinski definition) is 1. The Balaban J connectivity index is 1.73. The second-order valence-corrected chi connectivity index (χ2v) is 7.06. The predicted octanol–water partition coefficient (Wildman–Crippen LogP) is 3.59. The number of benzene rings is 2. The van der Waals surface area contributed by atoms with Crippen molar-refractivity contribution < 1.29 is 9.59 Å². The average Bonchev–Trinajstić information content (AvgIpc) is 3.27. The lowest BCUT2D eigenvalue weighted by Gasteiger charge is -2.17. The highest BCUT2D eigenvalue weighted by Gasteiger charge is 2.46. The average molecular weight is 387 g/mol. The van der Waals surface area contributed by atoms with E-state index >= 15 is 0 Å². The van der Waals surface area contributed by atoms with E-state index in [1.165, 1.54) is 6.21 Å². The molecule has 1 aromatic heterocycles. The number of nitrogens with one attached hydrogen (secondary N) is 1. The number of carbonyl (C=O) groups is 2. The predicted molar refractivity (Wildman–Crippen MR) is 111 cm³/mol. The molecule has 7 nitrogen and oxygen atoms in total. The molecule has 29 heavy (non-hydrogen) atoms. The van der Waals surface area contributed by atoms with Crippen molar-refractivity contribution in [1.82, 2.24) is 20.1 Å². The first-order valence-corrected chi connectivity index (χ1v) is 9.43. The van der Waals surface area contributed by atoms with Gasteiger partial charge in [-0.1, -0.05) is 55.5 Å². The molecule has 1 N–H and O–H groups in total. The molecule has 7 heteroatoms. The quantitative estimate of drug-likeness (QED) is 0.537. The van der Waals surface area contributed by atoms with Gasteiger partial charge in [0.2, 0.25) is 0 Å². The van der Waals surface area contributed by atoms with Crippen molar-refractivity contribution in [2.24, 2.45) is 5.10 Å². The Kier molecular flexibility index (Phi) is 4.72. The Morgan fingerprint density at radius 1 is 1.07 bits per heavy atom. The molecule has 1 saturated heterocycles. The molecule has 1 atom stereocenters. The van der Waals surface area contributed by atoms with E-state index in [-0.39, 0.29) is 5.91 Å². The van der Waals surface area contributed by atoms with Crippen molar-refractivity contribution >= 4 is 18.2 Å². The van der Waals surface area contributed by atoms with Gasteiger partial charge in [0.15, 0.2) is 0 Å². The van der Waals surface area contributed by atoms with Gasteiger partial charge in [0.25, 0.3) is 5.91 Å². The zero-order valence-corrected chi connectivity index (χ0v) is 16.2. The summed E-state index contributed by atoms with van der Waals surface area (Å²) >= 11 is 0. The number of hydrogen-bond acceptors (Lipinski definition) is 4. The number of hydrazone groups is 1. The van der Waals surface area contributed by atoms with Crippen LogP contribution >= 0.6 is 0 Å². The summed E-state index contributed by atoms with van der Waals surface area (Å²) in [4.78, 5) is 24.8. The van der Waals surface area contributed by atoms with Gasteiger partial charge in [-0.3, -0.25) is 4.79 Å². The molecule has 1 aliphatic rings. The number of nitrogens with zero attached hydrogens (tertiary/aromatic N) is 4. The number of imide groups is 1. The van der Waals surface area contributed by atoms with Gasteiger partial charge in [-0.05, 0) is 25.5 Å². The molecule has 3 aromatic rings. The molecule has 4 rings (SSSR count). The maximum Gasteiger partial charge on any atom is 0.346 e. The van der Waals surface area contributed by atoms with Crippen molar-refractivity contribution in [1.29, 1.82) is 0 Å². The summed E-state index contributed by atoms with van der Waals surface area (Å²) in [6.07, 6.45) is 3.83. The van der Waals surface area contributed by atoms with Crippen LogP contribution in [0.5, 0.6) is 0 Å². The normalized spacial score (nSPS) is 19.2. The molecule has 0 spiro atoms. The van der Waals surface area contributed by atoms with Crippen LogP contribution in [0.4, 0.5) is 4.79 Å². The standard InChI is InChI=1S/C22H21N5O2/c1-3-22(2)20(28)27(21(29)24-22)23-14-17-15-26(18-12-8-5-9-13-18)25-19(17)16-10-6-4-7-11-16/h4-15H,3H2,1-2H3,(H,24,29)/b23-14+. The molecule has 2 aromatic carbocycles. The van der Waals surface area contributed by atoms with Gasteiger partial charge >= 0.3 is 6.03 Å². The zero-order valence-electron chi connectivity index (χ0n) is 16.2. The third-order valence-electron chi connectivity index (χ3n) is 5.07. The number of rotatable bonds is 5. The summed E-state index contributed by atoms with van der Waals surface area (Å²) in [6.45, 7) is 3.55. The Labute approximate surface area is 168 Å². The molecule has 2 heterocycles. The first-order valence-electron chi connectivity index (χ1n) is 9.43. The summed E-state index contributed by atoms with van der Waals surface area (Å²) in [6, 6.07) is 18.9. The molecule has 1 fully saturated rings. The third-order valence-corrected chi connectivity index (χ3v) is 5.07. The highest BCUT2D eigenvalue weighted by atomic mass is 16.2. The summed E-state index contributed by atoms with van der Waals surface area (Å²) in [5, 5.41) is 12.5. The lowest BCUT2D eigenvalue weighted by molar-refractivity contribution is -0.130. The lowest BCUT2D eigenvalue weighted by Crippen LogP contribution is -2.42. The minimum atomic E-state index is -0.926. The van der Waals surface area contributed by atoms with Crippen LogP contribution in [0.1, 0.15) is 25.8 Å². The lowest BCUT2D eigenvalue weighted by atomic mass is 10.00. The van der Waals surface area contributed by atoms with E-state index in [1.54, 1.807) is 11.6 Å². The summed E-state index contributed by atoms with van der Waals surface area (Å²) < 4.78 is 1.76. The number of para-hydroxylation sites is 1. The largest absolute Gasteiger partial charge is 0.346 e. The fraction of sp³-hybridized carbons (Fsp3) is 0.182. The van der Waals surface area contributed by atoms with Crippen molar-refractivity contribution in [2.45, 2.75) is 25.8 Å². The number of urea groups is 1. The molecular weight excluding hydrogens is 366 g/mol. The molecule has 1 aliphatic heterocycles. The van der Waals surface area contributed by atoms with Crippen molar-refractivity contribution in [3.05, 3.63) is 72.4 Å². The highest BCUT2D eigenvalue weighted by molar-refractivity contribution is 6.07. The molecule has 1 unspecified atom stereocenters. The van der Waals surface area contributed by atoms with E-state index in [0.29, 0.717) is 17.7 Å². The summed E-state index contributed by atoms with van der Waals surface area (Å²) in [5.74, 6) is -0.363. The van der Waals surface area contributed by atoms with E-state index < -0.39 is 11.6 Å². The minimum Gasteiger partial charge on any atom is -0.322 e. The Bertz CT molecular complexity index is 1080. The zero-order chi connectivity index (χ0) is 20.4. The molecule has 0 saturated carbocycles. The third kappa shape index (κ3) is 3.42. The van der Waals surface area contributed by atoms with Crippen LogP contribution < -0.4 is 5.32 Å². The number of aromatic nitrogens is 2. The molecule has 3 amide bonds. The maximum atomic E-state index is 12.6. The molecule has 0 radical (unpaired) electrons. The molecule has 0 aliphatic carbocycles. The van der Waals surface area contributed by atoms with E-state index in [4.69, 9.17) is 5.10 Å². The van der Waals surface area contributed by atoms with Crippen LogP contribution in [0.3, 0.4) is 0 Å². The van der Waals surface area contributed by atoms with Gasteiger partial charge in [0, 0.05) is 17.3 Å². The highest BCUT2D eigenvalue weighted by Crippen LogP contribution is 2.24. The molecule has 0 bridgehead atoms. The van der Waals surface area contributed by atoms with Crippen LogP contribution in [-0.4, -0.2) is 38.5 Å². The van der Waals surface area contributed by atoms with Crippen molar-refractivity contribution in [3.63, 3.8) is 0 Å². The van der Waals surface area contributed by atoms with Gasteiger partial charge in [-0.2, -0.15) is 10.2 Å². The SMILES string of the molecule is CCC1(C)NC(=O)N(/N=C/c2cn(-c3ccccc3)nc2-c2ccccc2)C1=O. The Morgan fingerprint density at radius 3 is 2.34 bits per heavy atom. The number of carbonyl (C=O) groups excluding carboxylic acids is 2. The van der Waals surface area contributed by atoms with Gasteiger partial charge in [-0.25, -0.2) is 9.48 Å². The van der Waals surface area contributed by atoms with Crippen LogP contribution in [0.15, 0.2) is 72.0 Å².